The minimum atomic E-state index is -3.25. The van der Waals surface area contributed by atoms with Crippen molar-refractivity contribution in [2.45, 2.75) is 18.7 Å². The van der Waals surface area contributed by atoms with Gasteiger partial charge in [0.2, 0.25) is 9.84 Å². The van der Waals surface area contributed by atoms with Crippen LogP contribution in [-0.4, -0.2) is 15.0 Å². The van der Waals surface area contributed by atoms with Crippen LogP contribution < -0.4 is 5.73 Å². The van der Waals surface area contributed by atoms with Crippen molar-refractivity contribution in [1.29, 1.82) is 0 Å². The van der Waals surface area contributed by atoms with Crippen molar-refractivity contribution in [3.8, 4) is 0 Å². The van der Waals surface area contributed by atoms with Crippen LogP contribution in [0.25, 0.3) is 5.57 Å². The van der Waals surface area contributed by atoms with Crippen LogP contribution in [0.15, 0.2) is 28.5 Å². The van der Waals surface area contributed by atoms with Crippen LogP contribution in [0.4, 0.5) is 0 Å². The maximum Gasteiger partial charge on any atom is 0.200 e. The summed E-state index contributed by atoms with van der Waals surface area (Å²) in [7, 11) is -3.25. The molecule has 0 amide bonds. The highest BCUT2D eigenvalue weighted by molar-refractivity contribution is 7.95. The van der Waals surface area contributed by atoms with Crippen LogP contribution in [0.5, 0.6) is 0 Å². The molecule has 1 unspecified atom stereocenters. The van der Waals surface area contributed by atoms with Gasteiger partial charge >= 0.3 is 0 Å². The predicted molar refractivity (Wildman–Crippen MR) is 64.6 cm³/mol. The molecule has 1 aromatic rings. The lowest BCUT2D eigenvalue weighted by atomic mass is 9.92. The average Bonchev–Trinajstić information content (AvgIpc) is 2.52. The zero-order valence-electron chi connectivity index (χ0n) is 9.40. The number of fused-ring (bicyclic) bond motifs is 1. The van der Waals surface area contributed by atoms with Gasteiger partial charge in [0, 0.05) is 11.0 Å². The van der Waals surface area contributed by atoms with Crippen molar-refractivity contribution in [3.63, 3.8) is 0 Å². The van der Waals surface area contributed by atoms with E-state index in [1.165, 1.54) is 5.41 Å². The molecule has 86 valence electrons. The highest BCUT2D eigenvalue weighted by Gasteiger charge is 2.29. The summed E-state index contributed by atoms with van der Waals surface area (Å²) in [6, 6.07) is 5.36. The lowest BCUT2D eigenvalue weighted by Gasteiger charge is -2.13. The first-order chi connectivity index (χ1) is 7.47. The van der Waals surface area contributed by atoms with E-state index in [9.17, 15) is 8.42 Å². The predicted octanol–water partition coefficient (Wildman–Crippen LogP) is 1.72. The Labute approximate surface area is 95.9 Å². The third kappa shape index (κ3) is 1.58. The standard InChI is InChI=1S/C12H15NO2S/c1-8-4-3-5-11-12(8)10(9(2)6-13)7-16(11,14)15/h3-5,7,9H,6,13H2,1-2H3. The van der Waals surface area contributed by atoms with Gasteiger partial charge in [-0.1, -0.05) is 19.1 Å². The molecule has 4 heteroatoms. The molecular weight excluding hydrogens is 222 g/mol. The first kappa shape index (κ1) is 11.4. The van der Waals surface area contributed by atoms with Crippen molar-refractivity contribution in [1.82, 2.24) is 0 Å². The molecule has 0 fully saturated rings. The van der Waals surface area contributed by atoms with E-state index in [2.05, 4.69) is 0 Å². The third-order valence-electron chi connectivity index (χ3n) is 3.00. The first-order valence-corrected chi connectivity index (χ1v) is 6.78. The lowest BCUT2D eigenvalue weighted by molar-refractivity contribution is 0.605. The van der Waals surface area contributed by atoms with Gasteiger partial charge in [0.05, 0.1) is 4.90 Å². The second-order valence-electron chi connectivity index (χ2n) is 4.20. The fourth-order valence-electron chi connectivity index (χ4n) is 2.03. The molecule has 1 aromatic carbocycles. The Morgan fingerprint density at radius 2 is 2.06 bits per heavy atom. The lowest BCUT2D eigenvalue weighted by Crippen LogP contribution is -2.12. The van der Waals surface area contributed by atoms with Crippen molar-refractivity contribution < 1.29 is 8.42 Å². The van der Waals surface area contributed by atoms with E-state index in [4.69, 9.17) is 5.73 Å². The molecule has 1 atom stereocenters. The number of hydrogen-bond donors (Lipinski definition) is 1. The summed E-state index contributed by atoms with van der Waals surface area (Å²) in [5.41, 5.74) is 8.29. The number of benzene rings is 1. The fraction of sp³-hybridized carbons (Fsp3) is 0.333. The summed E-state index contributed by atoms with van der Waals surface area (Å²) in [6.07, 6.45) is 0. The molecule has 0 spiro atoms. The zero-order chi connectivity index (χ0) is 11.9. The number of hydrogen-bond acceptors (Lipinski definition) is 3. The van der Waals surface area contributed by atoms with Gasteiger partial charge in [-0.15, -0.1) is 0 Å². The number of aryl methyl sites for hydroxylation is 1. The fourth-order valence-corrected chi connectivity index (χ4v) is 3.67. The van der Waals surface area contributed by atoms with Gasteiger partial charge in [0.15, 0.2) is 0 Å². The Kier molecular flexibility index (Phi) is 2.64. The third-order valence-corrected chi connectivity index (χ3v) is 4.51. The zero-order valence-corrected chi connectivity index (χ0v) is 10.2. The van der Waals surface area contributed by atoms with Gasteiger partial charge in [0.25, 0.3) is 0 Å². The average molecular weight is 237 g/mol. The molecule has 0 saturated carbocycles. The Balaban J connectivity index is 2.72. The minimum absolute atomic E-state index is 0.0668. The normalized spacial score (nSPS) is 19.1. The van der Waals surface area contributed by atoms with Gasteiger partial charge in [-0.2, -0.15) is 0 Å². The smallest absolute Gasteiger partial charge is 0.200 e. The van der Waals surface area contributed by atoms with Gasteiger partial charge in [-0.05, 0) is 36.6 Å². The monoisotopic (exact) mass is 237 g/mol. The molecule has 0 aliphatic carbocycles. The molecule has 0 saturated heterocycles. The molecule has 1 aliphatic heterocycles. The molecule has 2 rings (SSSR count). The molecule has 1 aliphatic rings. The molecule has 2 N–H and O–H groups in total. The van der Waals surface area contributed by atoms with Crippen molar-refractivity contribution in [2.24, 2.45) is 11.7 Å². The van der Waals surface area contributed by atoms with E-state index in [-0.39, 0.29) is 5.92 Å². The second-order valence-corrected chi connectivity index (χ2v) is 5.97. The van der Waals surface area contributed by atoms with E-state index in [1.54, 1.807) is 12.1 Å². The van der Waals surface area contributed by atoms with E-state index < -0.39 is 9.84 Å². The van der Waals surface area contributed by atoms with E-state index in [0.717, 1.165) is 16.7 Å². The molecule has 1 heterocycles. The van der Waals surface area contributed by atoms with Crippen LogP contribution in [0.3, 0.4) is 0 Å². The summed E-state index contributed by atoms with van der Waals surface area (Å²) < 4.78 is 23.8. The van der Waals surface area contributed by atoms with Crippen LogP contribution >= 0.6 is 0 Å². The van der Waals surface area contributed by atoms with E-state index in [1.807, 2.05) is 19.9 Å². The van der Waals surface area contributed by atoms with E-state index >= 15 is 0 Å². The number of rotatable bonds is 2. The highest BCUT2D eigenvalue weighted by Crippen LogP contribution is 2.39. The maximum absolute atomic E-state index is 11.9. The Hall–Kier alpha value is -1.13. The highest BCUT2D eigenvalue weighted by atomic mass is 32.2. The quantitative estimate of drug-likeness (QED) is 0.852. The maximum atomic E-state index is 11.9. The summed E-state index contributed by atoms with van der Waals surface area (Å²) in [5.74, 6) is 0.0668. The van der Waals surface area contributed by atoms with E-state index in [0.29, 0.717) is 11.4 Å². The van der Waals surface area contributed by atoms with Crippen LogP contribution in [0.1, 0.15) is 18.1 Å². The Bertz CT molecular complexity index is 558. The van der Waals surface area contributed by atoms with Crippen LogP contribution in [-0.2, 0) is 9.84 Å². The van der Waals surface area contributed by atoms with Gasteiger partial charge in [-0.3, -0.25) is 0 Å². The van der Waals surface area contributed by atoms with Crippen molar-refractivity contribution in [3.05, 3.63) is 34.7 Å². The summed E-state index contributed by atoms with van der Waals surface area (Å²) in [4.78, 5) is 0.419. The second kappa shape index (κ2) is 3.71. The number of nitrogens with two attached hydrogens (primary N) is 1. The molecule has 3 nitrogen and oxygen atoms in total. The van der Waals surface area contributed by atoms with Crippen LogP contribution in [0.2, 0.25) is 0 Å². The molecule has 0 aromatic heterocycles. The molecule has 16 heavy (non-hydrogen) atoms. The molecular formula is C12H15NO2S. The van der Waals surface area contributed by atoms with Gasteiger partial charge in [0.1, 0.15) is 0 Å². The Morgan fingerprint density at radius 1 is 1.38 bits per heavy atom. The van der Waals surface area contributed by atoms with Crippen molar-refractivity contribution in [2.75, 3.05) is 6.54 Å². The topological polar surface area (TPSA) is 60.2 Å². The summed E-state index contributed by atoms with van der Waals surface area (Å²) in [5, 5.41) is 1.36. The van der Waals surface area contributed by atoms with Crippen LogP contribution in [0, 0.1) is 12.8 Å². The van der Waals surface area contributed by atoms with Crippen molar-refractivity contribution >= 4 is 15.4 Å². The molecule has 0 radical (unpaired) electrons. The Morgan fingerprint density at radius 3 is 2.69 bits per heavy atom. The minimum Gasteiger partial charge on any atom is -0.330 e. The summed E-state index contributed by atoms with van der Waals surface area (Å²) >= 11 is 0. The first-order valence-electron chi connectivity index (χ1n) is 5.24. The molecule has 0 bridgehead atoms. The number of sulfone groups is 1. The van der Waals surface area contributed by atoms with Gasteiger partial charge < -0.3 is 5.73 Å². The largest absolute Gasteiger partial charge is 0.330 e. The van der Waals surface area contributed by atoms with Gasteiger partial charge in [-0.25, -0.2) is 8.42 Å². The summed E-state index contributed by atoms with van der Waals surface area (Å²) in [6.45, 7) is 4.33. The SMILES string of the molecule is Cc1cccc2c1C(C(C)CN)=CS2(=O)=O.